The van der Waals surface area contributed by atoms with Gasteiger partial charge in [-0.25, -0.2) is 18.1 Å². The molecule has 0 fully saturated rings. The van der Waals surface area contributed by atoms with Crippen molar-refractivity contribution in [3.63, 3.8) is 0 Å². The number of nitrogens with zero attached hydrogens (tertiary/aromatic N) is 1. The van der Waals surface area contributed by atoms with Crippen LogP contribution in [0.15, 0.2) is 34.7 Å². The number of nitrogens with one attached hydrogen (secondary N) is 1. The molecule has 0 saturated carbocycles. The second-order valence-electron chi connectivity index (χ2n) is 4.09. The molecule has 0 unspecified atom stereocenters. The van der Waals surface area contributed by atoms with Gasteiger partial charge in [0.1, 0.15) is 0 Å². The number of anilines is 1. The molecule has 0 amide bonds. The lowest BCUT2D eigenvalue weighted by molar-refractivity contribution is 0.581. The van der Waals surface area contributed by atoms with Crippen LogP contribution in [-0.4, -0.2) is 19.9 Å². The third kappa shape index (κ3) is 3.52. The van der Waals surface area contributed by atoms with Crippen LogP contribution in [0.1, 0.15) is 10.6 Å². The van der Waals surface area contributed by atoms with Gasteiger partial charge in [-0.2, -0.15) is 0 Å². The minimum Gasteiger partial charge on any atom is -0.399 e. The molecular weight excluding hydrogens is 282 g/mol. The molecule has 1 aromatic heterocycles. The summed E-state index contributed by atoms with van der Waals surface area (Å²) < 4.78 is 26.7. The summed E-state index contributed by atoms with van der Waals surface area (Å²) >= 11 is 1.51. The SMILES string of the molecule is Cc1cc(S(=O)(=O)NCCc2nccs2)ccc1N. The maximum Gasteiger partial charge on any atom is 0.240 e. The molecule has 0 saturated heterocycles. The van der Waals surface area contributed by atoms with E-state index in [1.807, 2.05) is 5.38 Å². The van der Waals surface area contributed by atoms with Crippen molar-refractivity contribution in [2.24, 2.45) is 0 Å². The van der Waals surface area contributed by atoms with Crippen LogP contribution >= 0.6 is 11.3 Å². The van der Waals surface area contributed by atoms with E-state index in [4.69, 9.17) is 5.73 Å². The van der Waals surface area contributed by atoms with E-state index in [-0.39, 0.29) is 4.90 Å². The molecule has 0 spiro atoms. The van der Waals surface area contributed by atoms with Crippen LogP contribution in [0.25, 0.3) is 0 Å². The van der Waals surface area contributed by atoms with Crippen LogP contribution in [0.2, 0.25) is 0 Å². The zero-order valence-electron chi connectivity index (χ0n) is 10.5. The molecule has 0 atom stereocenters. The van der Waals surface area contributed by atoms with E-state index in [9.17, 15) is 8.42 Å². The molecule has 0 bridgehead atoms. The standard InChI is InChI=1S/C12H15N3O2S2/c1-9-8-10(2-3-11(9)13)19(16,17)15-5-4-12-14-6-7-18-12/h2-3,6-8,15H,4-5,13H2,1H3. The Labute approximate surface area is 116 Å². The Morgan fingerprint density at radius 1 is 1.42 bits per heavy atom. The number of thiazole rings is 1. The third-order valence-electron chi connectivity index (χ3n) is 2.67. The molecule has 0 aliphatic heterocycles. The average molecular weight is 297 g/mol. The summed E-state index contributed by atoms with van der Waals surface area (Å²) in [5, 5.41) is 2.78. The number of aryl methyl sites for hydroxylation is 1. The molecule has 19 heavy (non-hydrogen) atoms. The van der Waals surface area contributed by atoms with Crippen molar-refractivity contribution in [3.05, 3.63) is 40.3 Å². The number of nitrogens with two attached hydrogens (primary N) is 1. The Morgan fingerprint density at radius 3 is 2.84 bits per heavy atom. The Balaban J connectivity index is 2.03. The van der Waals surface area contributed by atoms with Crippen molar-refractivity contribution in [2.75, 3.05) is 12.3 Å². The van der Waals surface area contributed by atoms with Crippen molar-refractivity contribution in [3.8, 4) is 0 Å². The zero-order chi connectivity index (χ0) is 13.9. The molecular formula is C12H15N3O2S2. The lowest BCUT2D eigenvalue weighted by Gasteiger charge is -2.07. The molecule has 102 valence electrons. The number of aromatic nitrogens is 1. The maximum absolute atomic E-state index is 12.1. The predicted octanol–water partition coefficient (Wildman–Crippen LogP) is 1.55. The van der Waals surface area contributed by atoms with Crippen molar-refractivity contribution in [1.29, 1.82) is 0 Å². The van der Waals surface area contributed by atoms with E-state index in [1.165, 1.54) is 17.4 Å². The van der Waals surface area contributed by atoms with E-state index in [0.717, 1.165) is 10.6 Å². The van der Waals surface area contributed by atoms with Gasteiger partial charge in [-0.1, -0.05) is 0 Å². The van der Waals surface area contributed by atoms with Gasteiger partial charge in [0.05, 0.1) is 9.90 Å². The van der Waals surface area contributed by atoms with Crippen LogP contribution in [0.5, 0.6) is 0 Å². The number of rotatable bonds is 5. The van der Waals surface area contributed by atoms with Crippen LogP contribution in [-0.2, 0) is 16.4 Å². The molecule has 5 nitrogen and oxygen atoms in total. The fraction of sp³-hybridized carbons (Fsp3) is 0.250. The van der Waals surface area contributed by atoms with Crippen molar-refractivity contribution >= 4 is 27.0 Å². The van der Waals surface area contributed by atoms with Gasteiger partial charge in [0.2, 0.25) is 10.0 Å². The molecule has 1 heterocycles. The van der Waals surface area contributed by atoms with E-state index in [0.29, 0.717) is 18.7 Å². The third-order valence-corrected chi connectivity index (χ3v) is 4.96. The van der Waals surface area contributed by atoms with Crippen LogP contribution < -0.4 is 10.5 Å². The lowest BCUT2D eigenvalue weighted by Crippen LogP contribution is -2.26. The van der Waals surface area contributed by atoms with Gasteiger partial charge in [-0.05, 0) is 30.7 Å². The van der Waals surface area contributed by atoms with Gasteiger partial charge < -0.3 is 5.73 Å². The summed E-state index contributed by atoms with van der Waals surface area (Å²) in [7, 11) is -3.48. The summed E-state index contributed by atoms with van der Waals surface area (Å²) in [6.45, 7) is 2.11. The van der Waals surface area contributed by atoms with Crippen LogP contribution in [0.4, 0.5) is 5.69 Å². The Kier molecular flexibility index (Phi) is 4.18. The first kappa shape index (κ1) is 14.0. The second-order valence-corrected chi connectivity index (χ2v) is 6.84. The topological polar surface area (TPSA) is 85.1 Å². The van der Waals surface area contributed by atoms with Gasteiger partial charge in [0.25, 0.3) is 0 Å². The quantitative estimate of drug-likeness (QED) is 0.820. The average Bonchev–Trinajstić information content (AvgIpc) is 2.85. The van der Waals surface area contributed by atoms with Crippen LogP contribution in [0, 0.1) is 6.92 Å². The number of hydrogen-bond donors (Lipinski definition) is 2. The molecule has 0 aliphatic carbocycles. The Hall–Kier alpha value is -1.44. The van der Waals surface area contributed by atoms with Gasteiger partial charge in [-0.15, -0.1) is 11.3 Å². The molecule has 7 heteroatoms. The van der Waals surface area contributed by atoms with E-state index < -0.39 is 10.0 Å². The Bertz CT molecular complexity index is 652. The molecule has 0 aliphatic rings. The molecule has 2 aromatic rings. The predicted molar refractivity (Wildman–Crippen MR) is 76.6 cm³/mol. The molecule has 1 aromatic carbocycles. The van der Waals surface area contributed by atoms with Gasteiger partial charge in [0.15, 0.2) is 0 Å². The van der Waals surface area contributed by atoms with Crippen LogP contribution in [0.3, 0.4) is 0 Å². The minimum absolute atomic E-state index is 0.235. The highest BCUT2D eigenvalue weighted by Gasteiger charge is 2.14. The largest absolute Gasteiger partial charge is 0.399 e. The zero-order valence-corrected chi connectivity index (χ0v) is 12.1. The smallest absolute Gasteiger partial charge is 0.240 e. The highest BCUT2D eigenvalue weighted by atomic mass is 32.2. The number of hydrogen-bond acceptors (Lipinski definition) is 5. The molecule has 2 rings (SSSR count). The molecule has 3 N–H and O–H groups in total. The fourth-order valence-electron chi connectivity index (χ4n) is 1.57. The summed E-state index contributed by atoms with van der Waals surface area (Å²) in [6.07, 6.45) is 2.29. The summed E-state index contributed by atoms with van der Waals surface area (Å²) in [5.74, 6) is 0. The summed E-state index contributed by atoms with van der Waals surface area (Å²) in [4.78, 5) is 4.34. The monoisotopic (exact) mass is 297 g/mol. The van der Waals surface area contributed by atoms with Crippen molar-refractivity contribution in [2.45, 2.75) is 18.2 Å². The summed E-state index contributed by atoms with van der Waals surface area (Å²) in [5.41, 5.74) is 7.01. The van der Waals surface area contributed by atoms with E-state index >= 15 is 0 Å². The minimum atomic E-state index is -3.48. The normalized spacial score (nSPS) is 11.6. The first-order valence-corrected chi connectivity index (χ1v) is 8.09. The van der Waals surface area contributed by atoms with Gasteiger partial charge in [0, 0.05) is 30.2 Å². The highest BCUT2D eigenvalue weighted by molar-refractivity contribution is 7.89. The highest BCUT2D eigenvalue weighted by Crippen LogP contribution is 2.16. The number of benzene rings is 1. The molecule has 0 radical (unpaired) electrons. The second kappa shape index (κ2) is 5.68. The fourth-order valence-corrected chi connectivity index (χ4v) is 3.30. The first-order valence-electron chi connectivity index (χ1n) is 5.73. The Morgan fingerprint density at radius 2 is 2.21 bits per heavy atom. The maximum atomic E-state index is 12.1. The van der Waals surface area contributed by atoms with E-state index in [1.54, 1.807) is 25.3 Å². The first-order chi connectivity index (χ1) is 8.99. The van der Waals surface area contributed by atoms with Gasteiger partial charge >= 0.3 is 0 Å². The van der Waals surface area contributed by atoms with Crippen molar-refractivity contribution in [1.82, 2.24) is 9.71 Å². The number of nitrogen functional groups attached to an aromatic ring is 1. The van der Waals surface area contributed by atoms with Gasteiger partial charge in [-0.3, -0.25) is 0 Å². The summed E-state index contributed by atoms with van der Waals surface area (Å²) in [6, 6.07) is 4.68. The van der Waals surface area contributed by atoms with Crippen molar-refractivity contribution < 1.29 is 8.42 Å². The number of sulfonamides is 1. The van der Waals surface area contributed by atoms with E-state index in [2.05, 4.69) is 9.71 Å². The lowest BCUT2D eigenvalue weighted by atomic mass is 10.2.